The van der Waals surface area contributed by atoms with Crippen molar-refractivity contribution in [1.29, 1.82) is 21.0 Å². The van der Waals surface area contributed by atoms with Crippen LogP contribution in [0.5, 0.6) is 0 Å². The van der Waals surface area contributed by atoms with Gasteiger partial charge >= 0.3 is 0 Å². The minimum absolute atomic E-state index is 0.0134. The lowest BCUT2D eigenvalue weighted by Crippen LogP contribution is -2.18. The van der Waals surface area contributed by atoms with Gasteiger partial charge in [0.05, 0.1) is 0 Å². The molecule has 0 fully saturated rings. The first-order valence-corrected chi connectivity index (χ1v) is 8.94. The third-order valence-corrected chi connectivity index (χ3v) is 5.18. The molecule has 4 nitrogen and oxygen atoms in total. The zero-order chi connectivity index (χ0) is 20.3. The van der Waals surface area contributed by atoms with Gasteiger partial charge in [0.2, 0.25) is 0 Å². The Morgan fingerprint density at radius 2 is 1.21 bits per heavy atom. The number of nitrogens with zero attached hydrogens (tertiary/aromatic N) is 4. The molecule has 1 atom stereocenters. The zero-order valence-corrected chi connectivity index (χ0v) is 15.6. The van der Waals surface area contributed by atoms with Gasteiger partial charge in [0, 0.05) is 10.4 Å². The zero-order valence-electron chi connectivity index (χ0n) is 15.6. The van der Waals surface area contributed by atoms with E-state index in [2.05, 4.69) is 13.8 Å². The van der Waals surface area contributed by atoms with E-state index >= 15 is 0 Å². The predicted molar refractivity (Wildman–Crippen MR) is 109 cm³/mol. The number of nitriles is 4. The monoisotopic (exact) mass is 360 g/mol. The van der Waals surface area contributed by atoms with Gasteiger partial charge in [-0.25, -0.2) is 0 Å². The quantitative estimate of drug-likeness (QED) is 0.648. The number of hydrogen-bond donors (Lipinski definition) is 0. The maximum atomic E-state index is 9.57. The first-order valence-electron chi connectivity index (χ1n) is 8.94. The van der Waals surface area contributed by atoms with E-state index in [0.29, 0.717) is 37.9 Å². The lowest BCUT2D eigenvalue weighted by molar-refractivity contribution is 0.735. The third kappa shape index (κ3) is 2.85. The molecule has 0 aliphatic rings. The molecule has 0 radical (unpaired) electrons. The molecule has 0 spiro atoms. The second-order valence-corrected chi connectivity index (χ2v) is 6.61. The maximum Gasteiger partial charge on any atom is 0.138 e. The fourth-order valence-electron chi connectivity index (χ4n) is 3.55. The van der Waals surface area contributed by atoms with Crippen molar-refractivity contribution >= 4 is 32.7 Å². The number of fused-ring (bicyclic) bond motifs is 2. The maximum absolute atomic E-state index is 9.57. The molecule has 4 heteroatoms. The van der Waals surface area contributed by atoms with Crippen molar-refractivity contribution in [1.82, 2.24) is 0 Å². The van der Waals surface area contributed by atoms with Gasteiger partial charge in [-0.05, 0) is 39.4 Å². The molecule has 0 N–H and O–H groups in total. The standard InChI is InChI=1S/C24H16N4/c1-3-15(2)16-8-9-21-22(10-16)24(18(13-27)14-28)20-7-5-4-6-19(20)23(21)17(11-25)12-26/h4-10,15H,3H2,1-2H3. The van der Waals surface area contributed by atoms with E-state index in [1.54, 1.807) is 0 Å². The predicted octanol–water partition coefficient (Wildman–Crippen LogP) is 3.90. The molecule has 0 saturated carbocycles. The Morgan fingerprint density at radius 3 is 1.68 bits per heavy atom. The van der Waals surface area contributed by atoms with E-state index in [4.69, 9.17) is 0 Å². The largest absolute Gasteiger partial charge is 0.192 e. The highest BCUT2D eigenvalue weighted by Crippen LogP contribution is 2.23. The van der Waals surface area contributed by atoms with Crippen LogP contribution in [-0.4, -0.2) is 0 Å². The summed E-state index contributed by atoms with van der Waals surface area (Å²) in [5, 5.41) is 42.1. The summed E-state index contributed by atoms with van der Waals surface area (Å²) in [6.45, 7) is 4.21. The lowest BCUT2D eigenvalue weighted by atomic mass is 9.90. The van der Waals surface area contributed by atoms with Gasteiger partial charge < -0.3 is 0 Å². The molecule has 28 heavy (non-hydrogen) atoms. The summed E-state index contributed by atoms with van der Waals surface area (Å²) < 4.78 is 0. The molecule has 0 aromatic heterocycles. The number of rotatable bonds is 2. The van der Waals surface area contributed by atoms with Crippen LogP contribution in [0.4, 0.5) is 0 Å². The SMILES string of the molecule is CCC(C)c1ccc2c(=C(C#N)C#N)c3ccccc3c(=C(C#N)C#N)c2c1. The van der Waals surface area contributed by atoms with Gasteiger partial charge in [0.1, 0.15) is 35.4 Å². The van der Waals surface area contributed by atoms with Crippen LogP contribution in [-0.2, 0) is 0 Å². The van der Waals surface area contributed by atoms with E-state index < -0.39 is 0 Å². The fraction of sp³-hybridized carbons (Fsp3) is 0.167. The summed E-state index contributed by atoms with van der Waals surface area (Å²) in [4.78, 5) is 0. The van der Waals surface area contributed by atoms with E-state index in [9.17, 15) is 21.0 Å². The molecule has 1 unspecified atom stereocenters. The first-order chi connectivity index (χ1) is 13.6. The molecular formula is C24H16N4. The average molecular weight is 360 g/mol. The van der Waals surface area contributed by atoms with E-state index in [0.717, 1.165) is 12.0 Å². The first kappa shape index (κ1) is 18.7. The Kier molecular flexibility index (Phi) is 5.09. The molecule has 0 heterocycles. The fourth-order valence-corrected chi connectivity index (χ4v) is 3.55. The van der Waals surface area contributed by atoms with Crippen molar-refractivity contribution in [2.24, 2.45) is 0 Å². The molecule has 0 bridgehead atoms. The average Bonchev–Trinajstić information content (AvgIpc) is 2.75. The smallest absolute Gasteiger partial charge is 0.138 e. The van der Waals surface area contributed by atoms with Crippen molar-refractivity contribution in [2.45, 2.75) is 26.2 Å². The van der Waals surface area contributed by atoms with Crippen LogP contribution >= 0.6 is 0 Å². The van der Waals surface area contributed by atoms with Crippen molar-refractivity contribution in [2.75, 3.05) is 0 Å². The molecule has 0 saturated heterocycles. The van der Waals surface area contributed by atoms with Crippen LogP contribution in [0.25, 0.3) is 32.7 Å². The summed E-state index contributed by atoms with van der Waals surface area (Å²) in [7, 11) is 0. The molecule has 3 aromatic carbocycles. The molecule has 0 amide bonds. The van der Waals surface area contributed by atoms with Crippen LogP contribution < -0.4 is 10.4 Å². The minimum Gasteiger partial charge on any atom is -0.192 e. The highest BCUT2D eigenvalue weighted by molar-refractivity contribution is 6.05. The Bertz CT molecular complexity index is 1370. The number of benzene rings is 3. The third-order valence-electron chi connectivity index (χ3n) is 5.18. The highest BCUT2D eigenvalue weighted by Gasteiger charge is 2.14. The Hall–Kier alpha value is -4.12. The summed E-state index contributed by atoms with van der Waals surface area (Å²) in [5.41, 5.74) is 1.12. The Morgan fingerprint density at radius 1 is 0.750 bits per heavy atom. The van der Waals surface area contributed by atoms with E-state index in [1.807, 2.05) is 66.7 Å². The van der Waals surface area contributed by atoms with Gasteiger partial charge in [-0.3, -0.25) is 0 Å². The van der Waals surface area contributed by atoms with E-state index in [-0.39, 0.29) is 11.1 Å². The molecule has 0 aliphatic carbocycles. The Balaban J connectivity index is 2.84. The molecule has 3 rings (SSSR count). The van der Waals surface area contributed by atoms with Crippen molar-refractivity contribution in [3.8, 4) is 24.3 Å². The summed E-state index contributed by atoms with van der Waals surface area (Å²) in [5.74, 6) is 0.301. The Labute approximate surface area is 163 Å². The van der Waals surface area contributed by atoms with Crippen LogP contribution in [0, 0.1) is 45.3 Å². The summed E-state index contributed by atoms with van der Waals surface area (Å²) >= 11 is 0. The second-order valence-electron chi connectivity index (χ2n) is 6.61. The second kappa shape index (κ2) is 7.63. The van der Waals surface area contributed by atoms with Crippen molar-refractivity contribution in [3.63, 3.8) is 0 Å². The van der Waals surface area contributed by atoms with Crippen LogP contribution in [0.15, 0.2) is 42.5 Å². The van der Waals surface area contributed by atoms with E-state index in [1.165, 1.54) is 0 Å². The number of hydrogen-bond acceptors (Lipinski definition) is 4. The topological polar surface area (TPSA) is 95.2 Å². The van der Waals surface area contributed by atoms with Gasteiger partial charge in [-0.2, -0.15) is 21.0 Å². The lowest BCUT2D eigenvalue weighted by Gasteiger charge is -2.13. The molecular weight excluding hydrogens is 344 g/mol. The van der Waals surface area contributed by atoms with Gasteiger partial charge in [-0.1, -0.05) is 56.3 Å². The van der Waals surface area contributed by atoms with Crippen molar-refractivity contribution in [3.05, 3.63) is 58.5 Å². The normalized spacial score (nSPS) is 11.1. The molecule has 3 aromatic rings. The molecule has 0 aliphatic heterocycles. The van der Waals surface area contributed by atoms with Crippen molar-refractivity contribution < 1.29 is 0 Å². The van der Waals surface area contributed by atoms with Crippen LogP contribution in [0.3, 0.4) is 0 Å². The highest BCUT2D eigenvalue weighted by atomic mass is 14.3. The van der Waals surface area contributed by atoms with Gasteiger partial charge in [0.25, 0.3) is 0 Å². The van der Waals surface area contributed by atoms with Crippen LogP contribution in [0.1, 0.15) is 31.7 Å². The molecule has 132 valence electrons. The summed E-state index contributed by atoms with van der Waals surface area (Å²) in [6, 6.07) is 21.2. The van der Waals surface area contributed by atoms with Gasteiger partial charge in [-0.15, -0.1) is 0 Å². The van der Waals surface area contributed by atoms with Gasteiger partial charge in [0.15, 0.2) is 0 Å². The van der Waals surface area contributed by atoms with Crippen LogP contribution in [0.2, 0.25) is 0 Å². The summed E-state index contributed by atoms with van der Waals surface area (Å²) in [6.07, 6.45) is 0.947. The minimum atomic E-state index is 0.0134.